The van der Waals surface area contributed by atoms with Crippen LogP contribution in [0, 0.1) is 11.6 Å². The van der Waals surface area contributed by atoms with Crippen molar-refractivity contribution in [3.05, 3.63) is 35.4 Å². The maximum Gasteiger partial charge on any atom is 0.323 e. The van der Waals surface area contributed by atoms with Crippen LogP contribution in [0.1, 0.15) is 89.5 Å². The molecule has 0 amide bonds. The van der Waals surface area contributed by atoms with Crippen LogP contribution in [-0.4, -0.2) is 18.6 Å². The third-order valence-electron chi connectivity index (χ3n) is 4.92. The molecule has 1 rings (SSSR count). The molecule has 0 aromatic heterocycles. The zero-order valence-electron chi connectivity index (χ0n) is 17.4. The molecule has 160 valence electrons. The summed E-state index contributed by atoms with van der Waals surface area (Å²) in [4.78, 5) is 11.9. The Morgan fingerprint density at radius 2 is 1.32 bits per heavy atom. The van der Waals surface area contributed by atoms with Crippen LogP contribution in [0.25, 0.3) is 0 Å². The third kappa shape index (κ3) is 12.1. The van der Waals surface area contributed by atoms with E-state index in [4.69, 9.17) is 10.5 Å². The van der Waals surface area contributed by atoms with Gasteiger partial charge in [0.1, 0.15) is 17.7 Å². The van der Waals surface area contributed by atoms with E-state index in [1.165, 1.54) is 69.9 Å². The number of halogens is 2. The van der Waals surface area contributed by atoms with E-state index in [9.17, 15) is 13.6 Å². The second kappa shape index (κ2) is 15.4. The molecule has 0 saturated carbocycles. The van der Waals surface area contributed by atoms with Crippen LogP contribution in [0.3, 0.4) is 0 Å². The summed E-state index contributed by atoms with van der Waals surface area (Å²) >= 11 is 0. The minimum Gasteiger partial charge on any atom is -0.465 e. The Morgan fingerprint density at radius 3 is 1.82 bits per heavy atom. The molecule has 5 heteroatoms. The van der Waals surface area contributed by atoms with E-state index in [0.717, 1.165) is 25.3 Å². The number of benzene rings is 1. The first kappa shape index (κ1) is 24.5. The van der Waals surface area contributed by atoms with Gasteiger partial charge in [-0.2, -0.15) is 0 Å². The number of hydrogen-bond acceptors (Lipinski definition) is 3. The smallest absolute Gasteiger partial charge is 0.323 e. The van der Waals surface area contributed by atoms with Crippen molar-refractivity contribution in [1.29, 1.82) is 0 Å². The van der Waals surface area contributed by atoms with E-state index in [0.29, 0.717) is 12.2 Å². The maximum atomic E-state index is 13.2. The summed E-state index contributed by atoms with van der Waals surface area (Å²) in [6, 6.07) is 2.25. The molecule has 0 saturated heterocycles. The van der Waals surface area contributed by atoms with Gasteiger partial charge in [0.25, 0.3) is 0 Å². The van der Waals surface area contributed by atoms with Crippen molar-refractivity contribution in [1.82, 2.24) is 0 Å². The monoisotopic (exact) mass is 397 g/mol. The van der Waals surface area contributed by atoms with Crippen molar-refractivity contribution in [2.45, 2.75) is 96.4 Å². The summed E-state index contributed by atoms with van der Waals surface area (Å²) in [6.45, 7) is 2.59. The molecule has 0 heterocycles. The van der Waals surface area contributed by atoms with Gasteiger partial charge in [-0.3, -0.25) is 4.79 Å². The molecular weight excluding hydrogens is 360 g/mol. The lowest BCUT2D eigenvalue weighted by Gasteiger charge is -2.12. The highest BCUT2D eigenvalue weighted by atomic mass is 19.1. The normalized spacial score (nSPS) is 12.1. The van der Waals surface area contributed by atoms with Gasteiger partial charge in [0.15, 0.2) is 0 Å². The lowest BCUT2D eigenvalue weighted by Crippen LogP contribution is -2.34. The lowest BCUT2D eigenvalue weighted by atomic mass is 10.1. The summed E-state index contributed by atoms with van der Waals surface area (Å²) in [6.07, 6.45) is 15.0. The molecule has 0 aliphatic rings. The summed E-state index contributed by atoms with van der Waals surface area (Å²) in [5.74, 6) is -1.87. The van der Waals surface area contributed by atoms with Crippen LogP contribution in [-0.2, 0) is 16.0 Å². The van der Waals surface area contributed by atoms with Crippen molar-refractivity contribution < 1.29 is 18.3 Å². The minimum atomic E-state index is -0.904. The van der Waals surface area contributed by atoms with Crippen molar-refractivity contribution in [3.8, 4) is 0 Å². The van der Waals surface area contributed by atoms with E-state index >= 15 is 0 Å². The topological polar surface area (TPSA) is 52.3 Å². The van der Waals surface area contributed by atoms with Crippen molar-refractivity contribution in [2.75, 3.05) is 6.61 Å². The van der Waals surface area contributed by atoms with Crippen LogP contribution >= 0.6 is 0 Å². The zero-order valence-corrected chi connectivity index (χ0v) is 17.4. The molecule has 1 aromatic rings. The Balaban J connectivity index is 1.98. The number of carbonyl (C=O) groups is 1. The summed E-state index contributed by atoms with van der Waals surface area (Å²) in [7, 11) is 0. The first-order valence-corrected chi connectivity index (χ1v) is 10.9. The second-order valence-electron chi connectivity index (χ2n) is 7.64. The molecule has 0 fully saturated rings. The van der Waals surface area contributed by atoms with E-state index < -0.39 is 23.6 Å². The number of carbonyl (C=O) groups excluding carboxylic acids is 1. The SMILES string of the molecule is CCCCCCCCCCCCCCOC(=O)[C@@H](N)Cc1cc(F)cc(F)c1. The Kier molecular flexibility index (Phi) is 13.5. The predicted molar refractivity (Wildman–Crippen MR) is 110 cm³/mol. The Hall–Kier alpha value is -1.49. The van der Waals surface area contributed by atoms with Gasteiger partial charge in [0.2, 0.25) is 0 Å². The molecule has 1 atom stereocenters. The number of unbranched alkanes of at least 4 members (excludes halogenated alkanes) is 11. The van der Waals surface area contributed by atoms with Gasteiger partial charge in [-0.25, -0.2) is 8.78 Å². The van der Waals surface area contributed by atoms with Crippen LogP contribution in [0.4, 0.5) is 8.78 Å². The van der Waals surface area contributed by atoms with E-state index in [2.05, 4.69) is 6.92 Å². The van der Waals surface area contributed by atoms with Crippen molar-refractivity contribution >= 4 is 5.97 Å². The Morgan fingerprint density at radius 1 is 0.857 bits per heavy atom. The Bertz CT molecular complexity index is 531. The second-order valence-corrected chi connectivity index (χ2v) is 7.64. The molecule has 28 heavy (non-hydrogen) atoms. The first-order chi connectivity index (χ1) is 13.5. The van der Waals surface area contributed by atoms with Gasteiger partial charge >= 0.3 is 5.97 Å². The standard InChI is InChI=1S/C23H37F2NO2/c1-2-3-4-5-6-7-8-9-10-11-12-13-14-28-23(27)22(26)17-19-15-20(24)18-21(25)16-19/h15-16,18,22H,2-14,17,26H2,1H3/t22-/m0/s1. The van der Waals surface area contributed by atoms with Gasteiger partial charge in [-0.1, -0.05) is 77.6 Å². The molecule has 0 unspecified atom stereocenters. The van der Waals surface area contributed by atoms with Gasteiger partial charge in [0.05, 0.1) is 6.61 Å². The molecule has 0 radical (unpaired) electrons. The van der Waals surface area contributed by atoms with Crippen LogP contribution in [0.5, 0.6) is 0 Å². The molecule has 0 spiro atoms. The van der Waals surface area contributed by atoms with Crippen LogP contribution < -0.4 is 5.73 Å². The van der Waals surface area contributed by atoms with Gasteiger partial charge < -0.3 is 10.5 Å². The predicted octanol–water partition coefficient (Wildman–Crippen LogP) is 6.08. The number of esters is 1. The largest absolute Gasteiger partial charge is 0.465 e. The summed E-state index contributed by atoms with van der Waals surface area (Å²) < 4.78 is 31.5. The van der Waals surface area contributed by atoms with Crippen LogP contribution in [0.15, 0.2) is 18.2 Å². The maximum absolute atomic E-state index is 13.2. The van der Waals surface area contributed by atoms with Crippen molar-refractivity contribution in [3.63, 3.8) is 0 Å². The highest BCUT2D eigenvalue weighted by Crippen LogP contribution is 2.13. The molecule has 0 aliphatic heterocycles. The number of hydrogen-bond donors (Lipinski definition) is 1. The van der Waals surface area contributed by atoms with Gasteiger partial charge in [-0.15, -0.1) is 0 Å². The fourth-order valence-corrected chi connectivity index (χ4v) is 3.29. The zero-order chi connectivity index (χ0) is 20.6. The van der Waals surface area contributed by atoms with Gasteiger partial charge in [-0.05, 0) is 30.5 Å². The van der Waals surface area contributed by atoms with Crippen molar-refractivity contribution in [2.24, 2.45) is 5.73 Å². The van der Waals surface area contributed by atoms with Crippen LogP contribution in [0.2, 0.25) is 0 Å². The number of nitrogens with two attached hydrogens (primary N) is 1. The fraction of sp³-hybridized carbons (Fsp3) is 0.696. The molecule has 2 N–H and O–H groups in total. The molecule has 3 nitrogen and oxygen atoms in total. The molecule has 1 aromatic carbocycles. The number of ether oxygens (including phenoxy) is 1. The average Bonchev–Trinajstić information content (AvgIpc) is 2.64. The molecule has 0 aliphatic carbocycles. The summed E-state index contributed by atoms with van der Waals surface area (Å²) in [5, 5.41) is 0. The quantitative estimate of drug-likeness (QED) is 0.272. The number of rotatable bonds is 16. The average molecular weight is 398 g/mol. The fourth-order valence-electron chi connectivity index (χ4n) is 3.29. The molecular formula is C23H37F2NO2. The van der Waals surface area contributed by atoms with E-state index in [-0.39, 0.29) is 6.42 Å². The minimum absolute atomic E-state index is 0.0615. The van der Waals surface area contributed by atoms with E-state index in [1.807, 2.05) is 0 Å². The lowest BCUT2D eigenvalue weighted by molar-refractivity contribution is -0.145. The molecule has 0 bridgehead atoms. The first-order valence-electron chi connectivity index (χ1n) is 10.9. The summed E-state index contributed by atoms with van der Waals surface area (Å²) in [5.41, 5.74) is 6.13. The highest BCUT2D eigenvalue weighted by molar-refractivity contribution is 5.75. The van der Waals surface area contributed by atoms with Gasteiger partial charge in [0, 0.05) is 6.07 Å². The highest BCUT2D eigenvalue weighted by Gasteiger charge is 2.16. The Labute approximate surface area is 169 Å². The third-order valence-corrected chi connectivity index (χ3v) is 4.92. The van der Waals surface area contributed by atoms with E-state index in [1.54, 1.807) is 0 Å².